The van der Waals surface area contributed by atoms with Crippen LogP contribution in [0.5, 0.6) is 0 Å². The maximum absolute atomic E-state index is 5.40. The van der Waals surface area contributed by atoms with Gasteiger partial charge in [-0.15, -0.1) is 0 Å². The highest BCUT2D eigenvalue weighted by Gasteiger charge is 2.20. The summed E-state index contributed by atoms with van der Waals surface area (Å²) >= 11 is 0. The minimum atomic E-state index is 0.446. The first-order valence-corrected chi connectivity index (χ1v) is 7.13. The summed E-state index contributed by atoms with van der Waals surface area (Å²) < 4.78 is 10.7. The quantitative estimate of drug-likeness (QED) is 0.921. The van der Waals surface area contributed by atoms with Gasteiger partial charge in [-0.05, 0) is 49.9 Å². The summed E-state index contributed by atoms with van der Waals surface area (Å²) in [5, 5.41) is 3.60. The number of rotatable bonds is 4. The Labute approximate surface area is 119 Å². The number of hydrogen-bond donors (Lipinski definition) is 1. The van der Waals surface area contributed by atoms with E-state index >= 15 is 0 Å². The van der Waals surface area contributed by atoms with Gasteiger partial charge in [0.05, 0.1) is 12.3 Å². The molecule has 0 radical (unpaired) electrons. The minimum absolute atomic E-state index is 0.446. The Morgan fingerprint density at radius 1 is 1.15 bits per heavy atom. The van der Waals surface area contributed by atoms with Crippen molar-refractivity contribution in [3.05, 3.63) is 36.9 Å². The van der Waals surface area contributed by atoms with E-state index < -0.39 is 0 Å². The van der Waals surface area contributed by atoms with Gasteiger partial charge >= 0.3 is 0 Å². The molecule has 2 aromatic rings. The largest absolute Gasteiger partial charge is 0.444 e. The normalized spacial score (nSPS) is 22.6. The lowest BCUT2D eigenvalue weighted by atomic mass is 9.93. The smallest absolute Gasteiger partial charge is 0.181 e. The molecule has 0 atom stereocenters. The molecule has 1 aromatic carbocycles. The van der Waals surface area contributed by atoms with Crippen LogP contribution in [0.15, 0.2) is 41.3 Å². The van der Waals surface area contributed by atoms with Crippen LogP contribution in [0.2, 0.25) is 0 Å². The van der Waals surface area contributed by atoms with Crippen LogP contribution in [0.4, 0.5) is 5.69 Å². The Hall–Kier alpha value is -1.81. The van der Waals surface area contributed by atoms with Crippen LogP contribution in [-0.4, -0.2) is 24.2 Å². The topological polar surface area (TPSA) is 47.3 Å². The first kappa shape index (κ1) is 13.2. The predicted octanol–water partition coefficient (Wildman–Crippen LogP) is 3.71. The standard InChI is InChI=1S/C16H20N2O2/c1-19-15-8-6-14(7-9-15)18-13-4-2-12(3-5-13)16-10-17-11-20-16/h2-5,10-11,14-15,18H,6-9H2,1H3. The summed E-state index contributed by atoms with van der Waals surface area (Å²) in [4.78, 5) is 3.94. The molecule has 0 saturated heterocycles. The molecule has 0 spiro atoms. The maximum Gasteiger partial charge on any atom is 0.181 e. The van der Waals surface area contributed by atoms with Crippen molar-refractivity contribution in [1.29, 1.82) is 0 Å². The van der Waals surface area contributed by atoms with Gasteiger partial charge in [0.15, 0.2) is 12.2 Å². The third kappa shape index (κ3) is 3.02. The van der Waals surface area contributed by atoms with Crippen molar-refractivity contribution in [3.63, 3.8) is 0 Å². The number of methoxy groups -OCH3 is 1. The van der Waals surface area contributed by atoms with E-state index in [0.717, 1.165) is 29.9 Å². The Morgan fingerprint density at radius 2 is 1.90 bits per heavy atom. The third-order valence-corrected chi connectivity index (χ3v) is 3.98. The van der Waals surface area contributed by atoms with Crippen LogP contribution in [0.1, 0.15) is 25.7 Å². The van der Waals surface area contributed by atoms with Crippen molar-refractivity contribution in [1.82, 2.24) is 4.98 Å². The van der Waals surface area contributed by atoms with E-state index in [1.807, 2.05) is 0 Å². The van der Waals surface area contributed by atoms with E-state index in [2.05, 4.69) is 34.6 Å². The summed E-state index contributed by atoms with van der Waals surface area (Å²) in [6, 6.07) is 8.87. The van der Waals surface area contributed by atoms with E-state index in [1.54, 1.807) is 13.3 Å². The minimum Gasteiger partial charge on any atom is -0.444 e. The molecule has 1 aliphatic carbocycles. The highest BCUT2D eigenvalue weighted by molar-refractivity contribution is 5.60. The number of nitrogens with one attached hydrogen (secondary N) is 1. The second-order valence-corrected chi connectivity index (χ2v) is 5.30. The fraction of sp³-hybridized carbons (Fsp3) is 0.438. The van der Waals surface area contributed by atoms with E-state index in [4.69, 9.17) is 9.15 Å². The number of oxazole rings is 1. The Balaban J connectivity index is 1.59. The molecule has 1 aromatic heterocycles. The van der Waals surface area contributed by atoms with Gasteiger partial charge in [-0.2, -0.15) is 0 Å². The van der Waals surface area contributed by atoms with Crippen LogP contribution in [0, 0.1) is 0 Å². The molecule has 4 nitrogen and oxygen atoms in total. The van der Waals surface area contributed by atoms with E-state index in [-0.39, 0.29) is 0 Å². The summed E-state index contributed by atoms with van der Waals surface area (Å²) in [6.45, 7) is 0. The monoisotopic (exact) mass is 272 g/mol. The molecule has 0 unspecified atom stereocenters. The SMILES string of the molecule is COC1CCC(Nc2ccc(-c3cnco3)cc2)CC1. The summed E-state index contributed by atoms with van der Waals surface area (Å²) in [6.07, 6.45) is 8.26. The lowest BCUT2D eigenvalue weighted by Gasteiger charge is -2.28. The van der Waals surface area contributed by atoms with E-state index in [0.29, 0.717) is 12.1 Å². The number of aromatic nitrogens is 1. The van der Waals surface area contributed by atoms with Crippen LogP contribution < -0.4 is 5.32 Å². The highest BCUT2D eigenvalue weighted by Crippen LogP contribution is 2.25. The maximum atomic E-state index is 5.40. The fourth-order valence-corrected chi connectivity index (χ4v) is 2.77. The van der Waals surface area contributed by atoms with Crippen molar-refractivity contribution >= 4 is 5.69 Å². The van der Waals surface area contributed by atoms with Gasteiger partial charge in [-0.3, -0.25) is 0 Å². The number of benzene rings is 1. The summed E-state index contributed by atoms with van der Waals surface area (Å²) in [7, 11) is 1.81. The molecule has 1 N–H and O–H groups in total. The van der Waals surface area contributed by atoms with Crippen LogP contribution in [-0.2, 0) is 4.74 Å². The van der Waals surface area contributed by atoms with Gasteiger partial charge in [0.2, 0.25) is 0 Å². The second kappa shape index (κ2) is 6.09. The van der Waals surface area contributed by atoms with Gasteiger partial charge < -0.3 is 14.5 Å². The molecule has 4 heteroatoms. The van der Waals surface area contributed by atoms with Crippen molar-refractivity contribution in [2.24, 2.45) is 0 Å². The third-order valence-electron chi connectivity index (χ3n) is 3.98. The van der Waals surface area contributed by atoms with Crippen molar-refractivity contribution in [2.75, 3.05) is 12.4 Å². The number of anilines is 1. The van der Waals surface area contributed by atoms with E-state index in [1.165, 1.54) is 19.2 Å². The molecule has 1 aliphatic rings. The van der Waals surface area contributed by atoms with Crippen molar-refractivity contribution in [2.45, 2.75) is 37.8 Å². The van der Waals surface area contributed by atoms with Crippen molar-refractivity contribution < 1.29 is 9.15 Å². The van der Waals surface area contributed by atoms with E-state index in [9.17, 15) is 0 Å². The number of ether oxygens (including phenoxy) is 1. The average molecular weight is 272 g/mol. The second-order valence-electron chi connectivity index (χ2n) is 5.30. The molecular weight excluding hydrogens is 252 g/mol. The van der Waals surface area contributed by atoms with Gasteiger partial charge in [-0.25, -0.2) is 4.98 Å². The summed E-state index contributed by atoms with van der Waals surface area (Å²) in [5.41, 5.74) is 2.21. The summed E-state index contributed by atoms with van der Waals surface area (Å²) in [5.74, 6) is 0.803. The molecular formula is C16H20N2O2. The van der Waals surface area contributed by atoms with Crippen LogP contribution in [0.25, 0.3) is 11.3 Å². The van der Waals surface area contributed by atoms with Gasteiger partial charge in [0.25, 0.3) is 0 Å². The highest BCUT2D eigenvalue weighted by atomic mass is 16.5. The van der Waals surface area contributed by atoms with Crippen molar-refractivity contribution in [3.8, 4) is 11.3 Å². The zero-order valence-corrected chi connectivity index (χ0v) is 11.7. The van der Waals surface area contributed by atoms with Gasteiger partial charge in [0, 0.05) is 24.4 Å². The number of nitrogens with zero attached hydrogens (tertiary/aromatic N) is 1. The number of hydrogen-bond acceptors (Lipinski definition) is 4. The first-order chi connectivity index (χ1) is 9.85. The molecule has 1 fully saturated rings. The predicted molar refractivity (Wildman–Crippen MR) is 78.6 cm³/mol. The molecule has 0 bridgehead atoms. The molecule has 1 heterocycles. The Bertz CT molecular complexity index is 514. The van der Waals surface area contributed by atoms with Crippen LogP contribution >= 0.6 is 0 Å². The molecule has 20 heavy (non-hydrogen) atoms. The molecule has 1 saturated carbocycles. The zero-order valence-electron chi connectivity index (χ0n) is 11.7. The van der Waals surface area contributed by atoms with Gasteiger partial charge in [0.1, 0.15) is 0 Å². The molecule has 106 valence electrons. The van der Waals surface area contributed by atoms with Gasteiger partial charge in [-0.1, -0.05) is 0 Å². The lowest BCUT2D eigenvalue weighted by Crippen LogP contribution is -2.29. The Kier molecular flexibility index (Phi) is 4.02. The fourth-order valence-electron chi connectivity index (χ4n) is 2.77. The lowest BCUT2D eigenvalue weighted by molar-refractivity contribution is 0.0682. The average Bonchev–Trinajstić information content (AvgIpc) is 3.03. The Morgan fingerprint density at radius 3 is 2.50 bits per heavy atom. The van der Waals surface area contributed by atoms with Crippen LogP contribution in [0.3, 0.4) is 0 Å². The molecule has 0 amide bonds. The zero-order chi connectivity index (χ0) is 13.8. The first-order valence-electron chi connectivity index (χ1n) is 7.13. The molecule has 0 aliphatic heterocycles. The molecule has 3 rings (SSSR count).